The first-order chi connectivity index (χ1) is 13.5. The molecule has 0 heterocycles. The Balaban J connectivity index is 1.76. The Morgan fingerprint density at radius 3 is 1.93 bits per heavy atom. The third-order valence-corrected chi connectivity index (χ3v) is 4.24. The second-order valence-electron chi connectivity index (χ2n) is 6.53. The molecular weight excluding hydrogens is 350 g/mol. The summed E-state index contributed by atoms with van der Waals surface area (Å²) in [6.45, 7) is 3.63. The molecule has 0 saturated carbocycles. The zero-order chi connectivity index (χ0) is 19.9. The average molecular weight is 373 g/mol. The van der Waals surface area contributed by atoms with Gasteiger partial charge in [0.1, 0.15) is 6.04 Å². The standard InChI is InChI=1S/C23H23N3O2/c1-17-10-9-11-19(16-17)25-23(28)24-18(2)22(27)26(20-12-5-3-6-13-20)21-14-7-4-8-15-21/h3-16,18H,1-2H3,(H2,24,25,28). The van der Waals surface area contributed by atoms with Gasteiger partial charge in [-0.1, -0.05) is 48.5 Å². The Morgan fingerprint density at radius 1 is 0.821 bits per heavy atom. The summed E-state index contributed by atoms with van der Waals surface area (Å²) in [5.74, 6) is -0.225. The van der Waals surface area contributed by atoms with Crippen LogP contribution in [-0.4, -0.2) is 18.0 Å². The van der Waals surface area contributed by atoms with Gasteiger partial charge in [-0.15, -0.1) is 0 Å². The SMILES string of the molecule is Cc1cccc(NC(=O)NC(C)C(=O)N(c2ccccc2)c2ccccc2)c1. The molecule has 5 heteroatoms. The summed E-state index contributed by atoms with van der Waals surface area (Å²) in [6, 6.07) is 25.1. The number of aryl methyl sites for hydroxylation is 1. The number of amides is 3. The number of benzene rings is 3. The lowest BCUT2D eigenvalue weighted by Crippen LogP contribution is -2.46. The number of nitrogens with zero attached hydrogens (tertiary/aromatic N) is 1. The van der Waals surface area contributed by atoms with Crippen LogP contribution in [0.15, 0.2) is 84.9 Å². The summed E-state index contributed by atoms with van der Waals surface area (Å²) in [4.78, 5) is 27.1. The molecule has 0 fully saturated rings. The second kappa shape index (κ2) is 8.86. The van der Waals surface area contributed by atoms with Crippen molar-refractivity contribution in [3.63, 3.8) is 0 Å². The fourth-order valence-corrected chi connectivity index (χ4v) is 2.90. The van der Waals surface area contributed by atoms with Gasteiger partial charge in [-0.25, -0.2) is 4.79 Å². The number of hydrogen-bond acceptors (Lipinski definition) is 2. The Hall–Kier alpha value is -3.60. The molecule has 0 aromatic heterocycles. The normalized spacial score (nSPS) is 11.4. The van der Waals surface area contributed by atoms with Crippen LogP contribution in [0.3, 0.4) is 0 Å². The molecule has 5 nitrogen and oxygen atoms in total. The first-order valence-electron chi connectivity index (χ1n) is 9.13. The van der Waals surface area contributed by atoms with Crippen LogP contribution in [0.2, 0.25) is 0 Å². The van der Waals surface area contributed by atoms with Crippen LogP contribution in [0.4, 0.5) is 21.9 Å². The molecule has 0 spiro atoms. The molecule has 0 aliphatic heterocycles. The largest absolute Gasteiger partial charge is 0.326 e. The third-order valence-electron chi connectivity index (χ3n) is 4.24. The van der Waals surface area contributed by atoms with Gasteiger partial charge in [0.15, 0.2) is 0 Å². The molecule has 1 unspecified atom stereocenters. The van der Waals surface area contributed by atoms with E-state index >= 15 is 0 Å². The van der Waals surface area contributed by atoms with Crippen molar-refractivity contribution < 1.29 is 9.59 Å². The van der Waals surface area contributed by atoms with E-state index < -0.39 is 12.1 Å². The third kappa shape index (κ3) is 4.76. The van der Waals surface area contributed by atoms with Gasteiger partial charge >= 0.3 is 6.03 Å². The molecule has 3 aromatic rings. The molecule has 0 aliphatic carbocycles. The first kappa shape index (κ1) is 19.2. The molecule has 3 rings (SSSR count). The van der Waals surface area contributed by atoms with Crippen LogP contribution >= 0.6 is 0 Å². The summed E-state index contributed by atoms with van der Waals surface area (Å²) < 4.78 is 0. The van der Waals surface area contributed by atoms with E-state index in [0.29, 0.717) is 5.69 Å². The predicted octanol–water partition coefficient (Wildman–Crippen LogP) is 4.87. The fraction of sp³-hybridized carbons (Fsp3) is 0.130. The first-order valence-corrected chi connectivity index (χ1v) is 9.13. The quantitative estimate of drug-likeness (QED) is 0.670. The van der Waals surface area contributed by atoms with E-state index in [0.717, 1.165) is 16.9 Å². The van der Waals surface area contributed by atoms with E-state index in [9.17, 15) is 9.59 Å². The maximum Gasteiger partial charge on any atom is 0.319 e. The smallest absolute Gasteiger partial charge is 0.319 e. The maximum atomic E-state index is 13.2. The van der Waals surface area contributed by atoms with Gasteiger partial charge in [0.2, 0.25) is 0 Å². The van der Waals surface area contributed by atoms with E-state index in [1.807, 2.05) is 85.8 Å². The van der Waals surface area contributed by atoms with Crippen molar-refractivity contribution in [2.75, 3.05) is 10.2 Å². The van der Waals surface area contributed by atoms with Gasteiger partial charge in [0.05, 0.1) is 0 Å². The number of nitrogens with one attached hydrogen (secondary N) is 2. The number of carbonyl (C=O) groups is 2. The van der Waals surface area contributed by atoms with Gasteiger partial charge in [-0.05, 0) is 55.8 Å². The lowest BCUT2D eigenvalue weighted by atomic mass is 10.2. The molecule has 0 aliphatic rings. The number of hydrogen-bond donors (Lipinski definition) is 2. The van der Waals surface area contributed by atoms with Crippen molar-refractivity contribution >= 4 is 29.0 Å². The van der Waals surface area contributed by atoms with Crippen LogP contribution in [0.25, 0.3) is 0 Å². The summed E-state index contributed by atoms with van der Waals surface area (Å²) in [7, 11) is 0. The molecule has 1 atom stereocenters. The van der Waals surface area contributed by atoms with Crippen LogP contribution in [0.5, 0.6) is 0 Å². The van der Waals surface area contributed by atoms with Crippen molar-refractivity contribution in [1.29, 1.82) is 0 Å². The predicted molar refractivity (Wildman–Crippen MR) is 113 cm³/mol. The Morgan fingerprint density at radius 2 is 1.39 bits per heavy atom. The molecule has 0 saturated heterocycles. The summed E-state index contributed by atoms with van der Waals surface area (Å²) >= 11 is 0. The fourth-order valence-electron chi connectivity index (χ4n) is 2.90. The number of carbonyl (C=O) groups excluding carboxylic acids is 2. The zero-order valence-electron chi connectivity index (χ0n) is 15.9. The van der Waals surface area contributed by atoms with Gasteiger partial charge in [-0.3, -0.25) is 9.69 Å². The number of rotatable bonds is 5. The van der Waals surface area contributed by atoms with Crippen molar-refractivity contribution in [2.45, 2.75) is 19.9 Å². The van der Waals surface area contributed by atoms with Crippen molar-refractivity contribution in [3.8, 4) is 0 Å². The molecule has 3 aromatic carbocycles. The maximum absolute atomic E-state index is 13.2. The topological polar surface area (TPSA) is 61.4 Å². The van der Waals surface area contributed by atoms with Crippen LogP contribution in [0.1, 0.15) is 12.5 Å². The highest BCUT2D eigenvalue weighted by Crippen LogP contribution is 2.25. The summed E-state index contributed by atoms with van der Waals surface area (Å²) in [6.07, 6.45) is 0. The van der Waals surface area contributed by atoms with Gasteiger partial charge in [0.25, 0.3) is 5.91 Å². The highest BCUT2D eigenvalue weighted by Gasteiger charge is 2.24. The minimum Gasteiger partial charge on any atom is -0.326 e. The van der Waals surface area contributed by atoms with E-state index in [1.54, 1.807) is 17.9 Å². The molecule has 0 bridgehead atoms. The highest BCUT2D eigenvalue weighted by molar-refractivity contribution is 6.05. The minimum absolute atomic E-state index is 0.225. The van der Waals surface area contributed by atoms with Crippen LogP contribution in [-0.2, 0) is 4.79 Å². The van der Waals surface area contributed by atoms with Gasteiger partial charge in [0, 0.05) is 17.1 Å². The van der Waals surface area contributed by atoms with E-state index in [4.69, 9.17) is 0 Å². The van der Waals surface area contributed by atoms with Crippen molar-refractivity contribution in [2.24, 2.45) is 0 Å². The summed E-state index contributed by atoms with van der Waals surface area (Å²) in [5.41, 5.74) is 3.21. The second-order valence-corrected chi connectivity index (χ2v) is 6.53. The van der Waals surface area contributed by atoms with Crippen LogP contribution in [0, 0.1) is 6.92 Å². The molecule has 3 amide bonds. The van der Waals surface area contributed by atoms with Crippen molar-refractivity contribution in [3.05, 3.63) is 90.5 Å². The lowest BCUT2D eigenvalue weighted by molar-refractivity contribution is -0.119. The monoisotopic (exact) mass is 373 g/mol. The Labute approximate surface area is 165 Å². The number of urea groups is 1. The zero-order valence-corrected chi connectivity index (χ0v) is 15.9. The molecule has 0 radical (unpaired) electrons. The highest BCUT2D eigenvalue weighted by atomic mass is 16.2. The lowest BCUT2D eigenvalue weighted by Gasteiger charge is -2.26. The van der Waals surface area contributed by atoms with Gasteiger partial charge < -0.3 is 10.6 Å². The minimum atomic E-state index is -0.717. The molecule has 28 heavy (non-hydrogen) atoms. The van der Waals surface area contributed by atoms with Crippen LogP contribution < -0.4 is 15.5 Å². The van der Waals surface area contributed by atoms with Crippen molar-refractivity contribution in [1.82, 2.24) is 5.32 Å². The summed E-state index contributed by atoms with van der Waals surface area (Å²) in [5, 5.41) is 5.49. The Kier molecular flexibility index (Phi) is 6.07. The molecular formula is C23H23N3O2. The molecule has 142 valence electrons. The Bertz CT molecular complexity index is 903. The van der Waals surface area contributed by atoms with E-state index in [2.05, 4.69) is 10.6 Å². The average Bonchev–Trinajstić information content (AvgIpc) is 2.69. The van der Waals surface area contributed by atoms with E-state index in [-0.39, 0.29) is 5.91 Å². The number of para-hydroxylation sites is 2. The molecule has 2 N–H and O–H groups in total. The van der Waals surface area contributed by atoms with Gasteiger partial charge in [-0.2, -0.15) is 0 Å². The van der Waals surface area contributed by atoms with E-state index in [1.165, 1.54) is 0 Å². The number of anilines is 3.